The number of nitrogens with one attached hydrogen (secondary N) is 2. The zero-order chi connectivity index (χ0) is 22.9. The van der Waals surface area contributed by atoms with Gasteiger partial charge in [0, 0.05) is 29.7 Å². The van der Waals surface area contributed by atoms with Crippen LogP contribution in [-0.4, -0.2) is 60.7 Å². The monoisotopic (exact) mass is 455 g/mol. The molecule has 1 atom stereocenters. The Hall–Kier alpha value is -2.84. The number of benzene rings is 2. The highest BCUT2D eigenvalue weighted by Crippen LogP contribution is 2.27. The van der Waals surface area contributed by atoms with Crippen LogP contribution >= 0.6 is 11.8 Å². The molecule has 2 amide bonds. The van der Waals surface area contributed by atoms with Crippen molar-refractivity contribution in [3.8, 4) is 0 Å². The van der Waals surface area contributed by atoms with Crippen molar-refractivity contribution in [1.82, 2.24) is 10.2 Å². The van der Waals surface area contributed by atoms with Crippen molar-refractivity contribution in [1.29, 1.82) is 0 Å². The smallest absolute Gasteiger partial charge is 0.318 e. The van der Waals surface area contributed by atoms with Crippen LogP contribution in [0.3, 0.4) is 0 Å². The van der Waals surface area contributed by atoms with E-state index in [9.17, 15) is 14.4 Å². The number of piperidine rings is 1. The summed E-state index contributed by atoms with van der Waals surface area (Å²) in [5, 5.41) is 5.61. The second-order valence-corrected chi connectivity index (χ2v) is 9.10. The maximum absolute atomic E-state index is 12.9. The molecule has 1 saturated heterocycles. The van der Waals surface area contributed by atoms with E-state index in [0.29, 0.717) is 12.1 Å². The van der Waals surface area contributed by atoms with E-state index in [1.807, 2.05) is 48.5 Å². The molecular formula is C24H29N3O4S. The molecule has 32 heavy (non-hydrogen) atoms. The Bertz CT molecular complexity index is 930. The van der Waals surface area contributed by atoms with Crippen LogP contribution in [0.1, 0.15) is 30.1 Å². The molecule has 1 fully saturated rings. The summed E-state index contributed by atoms with van der Waals surface area (Å²) in [4.78, 5) is 39.8. The van der Waals surface area contributed by atoms with E-state index in [2.05, 4.69) is 15.5 Å². The lowest BCUT2D eigenvalue weighted by molar-refractivity contribution is -0.139. The van der Waals surface area contributed by atoms with Crippen LogP contribution in [0.5, 0.6) is 0 Å². The molecule has 0 saturated carbocycles. The largest absolute Gasteiger partial charge is 0.468 e. The summed E-state index contributed by atoms with van der Waals surface area (Å²) in [6, 6.07) is 16.7. The molecule has 1 unspecified atom stereocenters. The average Bonchev–Trinajstić information content (AvgIpc) is 2.80. The summed E-state index contributed by atoms with van der Waals surface area (Å²) in [7, 11) is 1.36. The first-order chi connectivity index (χ1) is 15.5. The molecule has 1 aliphatic heterocycles. The van der Waals surface area contributed by atoms with Crippen molar-refractivity contribution in [2.24, 2.45) is 0 Å². The van der Waals surface area contributed by atoms with Crippen LogP contribution in [-0.2, 0) is 14.3 Å². The van der Waals surface area contributed by atoms with Gasteiger partial charge in [-0.05, 0) is 44.0 Å². The Morgan fingerprint density at radius 2 is 1.72 bits per heavy atom. The zero-order valence-electron chi connectivity index (χ0n) is 18.4. The first-order valence-electron chi connectivity index (χ1n) is 10.7. The van der Waals surface area contributed by atoms with Crippen molar-refractivity contribution in [2.45, 2.75) is 36.0 Å². The highest BCUT2D eigenvalue weighted by Gasteiger charge is 2.24. The van der Waals surface area contributed by atoms with Crippen LogP contribution in [0.25, 0.3) is 0 Å². The summed E-state index contributed by atoms with van der Waals surface area (Å²) < 4.78 is 4.78. The molecule has 0 aromatic heterocycles. The van der Waals surface area contributed by atoms with Crippen molar-refractivity contribution < 1.29 is 19.1 Å². The van der Waals surface area contributed by atoms with Crippen molar-refractivity contribution >= 4 is 35.2 Å². The second-order valence-electron chi connectivity index (χ2n) is 7.72. The molecule has 0 radical (unpaired) electrons. The van der Waals surface area contributed by atoms with Gasteiger partial charge in [0.15, 0.2) is 0 Å². The molecular weight excluding hydrogens is 426 g/mol. The van der Waals surface area contributed by atoms with E-state index >= 15 is 0 Å². The first-order valence-corrected chi connectivity index (χ1v) is 11.6. The Labute approximate surface area is 192 Å². The molecule has 3 rings (SSSR count). The molecule has 2 aromatic rings. The lowest BCUT2D eigenvalue weighted by atomic mass is 10.0. The van der Waals surface area contributed by atoms with Gasteiger partial charge in [-0.1, -0.05) is 30.3 Å². The third kappa shape index (κ3) is 6.83. The standard InChI is InChI=1S/C24H29N3O4S/c1-17(24(30)31-2)32-21-11-7-6-10-20(21)23(29)26-19-12-14-27(15-13-19)16-22(28)25-18-8-4-3-5-9-18/h3-11,17,19H,12-16H2,1-2H3,(H,25,28)(H,26,29). The number of carbonyl (C=O) groups is 3. The van der Waals surface area contributed by atoms with Gasteiger partial charge in [0.25, 0.3) is 5.91 Å². The van der Waals surface area contributed by atoms with Gasteiger partial charge in [-0.15, -0.1) is 11.8 Å². The number of hydrogen-bond acceptors (Lipinski definition) is 6. The zero-order valence-corrected chi connectivity index (χ0v) is 19.2. The van der Waals surface area contributed by atoms with Crippen LogP contribution in [0.2, 0.25) is 0 Å². The minimum absolute atomic E-state index is 0.0376. The summed E-state index contributed by atoms with van der Waals surface area (Å²) in [6.45, 7) is 3.57. The van der Waals surface area contributed by atoms with E-state index in [4.69, 9.17) is 4.74 Å². The summed E-state index contributed by atoms with van der Waals surface area (Å²) in [6.07, 6.45) is 1.55. The summed E-state index contributed by atoms with van der Waals surface area (Å²) >= 11 is 1.31. The molecule has 1 aliphatic rings. The number of para-hydroxylation sites is 1. The number of likely N-dealkylation sites (tertiary alicyclic amines) is 1. The molecule has 0 bridgehead atoms. The van der Waals surface area contributed by atoms with Crippen LogP contribution in [0.4, 0.5) is 5.69 Å². The predicted octanol–water partition coefficient (Wildman–Crippen LogP) is 3.17. The SMILES string of the molecule is COC(=O)C(C)Sc1ccccc1C(=O)NC1CCN(CC(=O)Nc2ccccc2)CC1. The number of carbonyl (C=O) groups excluding carboxylic acids is 3. The van der Waals surface area contributed by atoms with Gasteiger partial charge in [-0.3, -0.25) is 19.3 Å². The third-order valence-electron chi connectivity index (χ3n) is 5.32. The van der Waals surface area contributed by atoms with Crippen molar-refractivity contribution in [3.63, 3.8) is 0 Å². The normalized spacial score (nSPS) is 15.6. The van der Waals surface area contributed by atoms with E-state index in [1.54, 1.807) is 13.0 Å². The fourth-order valence-corrected chi connectivity index (χ4v) is 4.60. The van der Waals surface area contributed by atoms with Gasteiger partial charge < -0.3 is 15.4 Å². The van der Waals surface area contributed by atoms with Gasteiger partial charge in [-0.2, -0.15) is 0 Å². The van der Waals surface area contributed by atoms with Gasteiger partial charge in [0.2, 0.25) is 5.91 Å². The summed E-state index contributed by atoms with van der Waals surface area (Å²) in [5.74, 6) is -0.510. The number of methoxy groups -OCH3 is 1. The van der Waals surface area contributed by atoms with E-state index in [0.717, 1.165) is 36.5 Å². The van der Waals surface area contributed by atoms with Crippen molar-refractivity contribution in [3.05, 3.63) is 60.2 Å². The van der Waals surface area contributed by atoms with E-state index in [-0.39, 0.29) is 23.8 Å². The molecule has 2 N–H and O–H groups in total. The van der Waals surface area contributed by atoms with Gasteiger partial charge in [0.05, 0.1) is 19.2 Å². The molecule has 1 heterocycles. The van der Waals surface area contributed by atoms with Crippen LogP contribution in [0, 0.1) is 0 Å². The topological polar surface area (TPSA) is 87.7 Å². The van der Waals surface area contributed by atoms with E-state index < -0.39 is 5.25 Å². The highest BCUT2D eigenvalue weighted by molar-refractivity contribution is 8.00. The highest BCUT2D eigenvalue weighted by atomic mass is 32.2. The number of anilines is 1. The Morgan fingerprint density at radius 3 is 2.41 bits per heavy atom. The molecule has 2 aromatic carbocycles. The number of nitrogens with zero attached hydrogens (tertiary/aromatic N) is 1. The average molecular weight is 456 g/mol. The minimum atomic E-state index is -0.403. The minimum Gasteiger partial charge on any atom is -0.468 e. The maximum Gasteiger partial charge on any atom is 0.318 e. The number of thioether (sulfide) groups is 1. The lowest BCUT2D eigenvalue weighted by Gasteiger charge is -2.32. The molecule has 8 heteroatoms. The molecule has 0 aliphatic carbocycles. The van der Waals surface area contributed by atoms with E-state index in [1.165, 1.54) is 18.9 Å². The number of hydrogen-bond donors (Lipinski definition) is 2. The third-order valence-corrected chi connectivity index (χ3v) is 6.47. The Balaban J connectivity index is 1.48. The number of esters is 1. The quantitative estimate of drug-likeness (QED) is 0.470. The van der Waals surface area contributed by atoms with Crippen molar-refractivity contribution in [2.75, 3.05) is 32.1 Å². The first kappa shape index (κ1) is 23.8. The second kappa shape index (κ2) is 11.7. The number of amides is 2. The molecule has 7 nitrogen and oxygen atoms in total. The van der Waals surface area contributed by atoms with Gasteiger partial charge >= 0.3 is 5.97 Å². The number of ether oxygens (including phenoxy) is 1. The fourth-order valence-electron chi connectivity index (χ4n) is 3.59. The van der Waals surface area contributed by atoms with Gasteiger partial charge in [-0.25, -0.2) is 0 Å². The van der Waals surface area contributed by atoms with Gasteiger partial charge in [0.1, 0.15) is 5.25 Å². The lowest BCUT2D eigenvalue weighted by Crippen LogP contribution is -2.46. The summed E-state index contributed by atoms with van der Waals surface area (Å²) in [5.41, 5.74) is 1.34. The molecule has 170 valence electrons. The predicted molar refractivity (Wildman–Crippen MR) is 126 cm³/mol. The fraction of sp³-hybridized carbons (Fsp3) is 0.375. The van der Waals surface area contributed by atoms with Crippen LogP contribution < -0.4 is 10.6 Å². The van der Waals surface area contributed by atoms with Crippen LogP contribution in [0.15, 0.2) is 59.5 Å². The Morgan fingerprint density at radius 1 is 1.06 bits per heavy atom. The maximum atomic E-state index is 12.9. The number of rotatable bonds is 8. The molecule has 0 spiro atoms. The Kier molecular flexibility index (Phi) is 8.70.